The molecule has 18 heteroatoms. The van der Waals surface area contributed by atoms with E-state index in [4.69, 9.17) is 5.11 Å². The number of nitrogens with zero attached hydrogens (tertiary/aromatic N) is 3. The van der Waals surface area contributed by atoms with Crippen molar-refractivity contribution in [2.24, 2.45) is 5.28 Å². The van der Waals surface area contributed by atoms with Crippen molar-refractivity contribution in [2.45, 2.75) is 30.2 Å². The molecule has 1 aromatic carbocycles. The highest BCUT2D eigenvalue weighted by molar-refractivity contribution is 8.45. The zero-order valence-corrected chi connectivity index (χ0v) is 17.6. The Morgan fingerprint density at radius 1 is 1.29 bits per heavy atom. The number of carbonyl (C=O) groups is 1. The molecule has 1 atom stereocenters. The van der Waals surface area contributed by atoms with E-state index in [-0.39, 0.29) is 36.3 Å². The number of carbonyl (C=O) groups excluding carboxylic acids is 1. The highest BCUT2D eigenvalue weighted by atomic mass is 32.5. The second-order valence-electron chi connectivity index (χ2n) is 7.31. The first-order valence-corrected chi connectivity index (χ1v) is 11.0. The third-order valence-corrected chi connectivity index (χ3v) is 5.67. The van der Waals surface area contributed by atoms with Gasteiger partial charge in [0.25, 0.3) is 6.79 Å². The van der Waals surface area contributed by atoms with E-state index in [1.807, 2.05) is 0 Å². The van der Waals surface area contributed by atoms with Crippen molar-refractivity contribution >= 4 is 22.3 Å². The molecule has 1 N–H and O–H groups in total. The number of hydrogen-bond acceptors (Lipinski definition) is 7. The lowest BCUT2D eigenvalue weighted by molar-refractivity contribution is -0.727. The summed E-state index contributed by atoms with van der Waals surface area (Å²) in [7, 11) is -10.2. The number of alkyl halides is 3. The third kappa shape index (κ3) is 5.54. The molecule has 34 heavy (non-hydrogen) atoms. The van der Waals surface area contributed by atoms with Gasteiger partial charge in [0.2, 0.25) is 11.4 Å². The number of fused-ring (bicyclic) bond motifs is 1. The fourth-order valence-corrected chi connectivity index (χ4v) is 3.70. The van der Waals surface area contributed by atoms with E-state index in [2.05, 4.69) is 19.6 Å². The average molecular weight is 529 g/mol. The molecule has 2 aliphatic rings. The van der Waals surface area contributed by atoms with E-state index >= 15 is 0 Å². The highest BCUT2D eigenvalue weighted by Gasteiger charge is 2.65. The van der Waals surface area contributed by atoms with E-state index in [0.29, 0.717) is 0 Å². The molecule has 1 aromatic rings. The summed E-state index contributed by atoms with van der Waals surface area (Å²) in [6.07, 6.45) is -8.72. The van der Waals surface area contributed by atoms with Crippen molar-refractivity contribution in [3.05, 3.63) is 34.0 Å². The smallest absolute Gasteiger partial charge is 0.430 e. The largest absolute Gasteiger partial charge is 0.569 e. The first-order chi connectivity index (χ1) is 15.3. The van der Waals surface area contributed by atoms with Gasteiger partial charge in [0.15, 0.2) is 0 Å². The van der Waals surface area contributed by atoms with Gasteiger partial charge in [-0.25, -0.2) is 4.79 Å². The number of rotatable bonds is 6. The summed E-state index contributed by atoms with van der Waals surface area (Å²) in [5.41, 5.74) is -2.89. The van der Waals surface area contributed by atoms with Gasteiger partial charge in [-0.2, -0.15) is 13.2 Å². The molecule has 2 heterocycles. The van der Waals surface area contributed by atoms with Gasteiger partial charge in [-0.15, -0.1) is 5.01 Å². The molecule has 1 saturated heterocycles. The normalized spacial score (nSPS) is 21.4. The first-order valence-electron chi connectivity index (χ1n) is 9.00. The van der Waals surface area contributed by atoms with Crippen LogP contribution in [0.15, 0.2) is 27.9 Å². The lowest BCUT2D eigenvalue weighted by atomic mass is 9.99. The van der Waals surface area contributed by atoms with Crippen LogP contribution in [0, 0.1) is 12.1 Å². The van der Waals surface area contributed by atoms with Crippen LogP contribution in [-0.2, 0) is 14.4 Å². The van der Waals surface area contributed by atoms with Gasteiger partial charge < -0.3 is 24.6 Å². The minimum absolute atomic E-state index is 0.0495. The maximum absolute atomic E-state index is 13.4. The lowest BCUT2D eigenvalue weighted by Gasteiger charge is -2.41. The Morgan fingerprint density at radius 2 is 1.91 bits per heavy atom. The fourth-order valence-electron chi connectivity index (χ4n) is 2.95. The molecule has 0 radical (unpaired) electrons. The molecular weight excluding hydrogens is 514 g/mol. The number of esters is 1. The van der Waals surface area contributed by atoms with Crippen LogP contribution in [-0.4, -0.2) is 59.3 Å². The average Bonchev–Trinajstić information content (AvgIpc) is 2.65. The quantitative estimate of drug-likeness (QED) is 0.111. The number of hydrazine groups is 1. The van der Waals surface area contributed by atoms with Crippen LogP contribution >= 0.6 is 10.2 Å². The van der Waals surface area contributed by atoms with Crippen LogP contribution in [0.1, 0.15) is 11.1 Å². The summed E-state index contributed by atoms with van der Waals surface area (Å²) in [5, 5.41) is 24.3. The van der Waals surface area contributed by atoms with Gasteiger partial charge in [0.1, 0.15) is 29.8 Å². The molecule has 2 aliphatic heterocycles. The number of ether oxygens (including phenoxy) is 2. The topological polar surface area (TPSA) is 107 Å². The van der Waals surface area contributed by atoms with Gasteiger partial charge in [-0.05, 0) is 30.7 Å². The monoisotopic (exact) mass is 529 g/mol. The number of hydrogen-bond donors (Lipinski definition) is 1. The molecule has 0 unspecified atom stereocenters. The first kappa shape index (κ1) is 25.6. The van der Waals surface area contributed by atoms with Crippen molar-refractivity contribution in [3.63, 3.8) is 0 Å². The third-order valence-electron chi connectivity index (χ3n) is 4.54. The van der Waals surface area contributed by atoms with E-state index < -0.39 is 68.7 Å². The molecule has 9 nitrogen and oxygen atoms in total. The summed E-state index contributed by atoms with van der Waals surface area (Å²) in [6, 6.07) is -0.182. The highest BCUT2D eigenvalue weighted by Crippen LogP contribution is 3.02. The number of aryl methyl sites for hydroxylation is 1. The Labute approximate surface area is 185 Å². The van der Waals surface area contributed by atoms with Crippen LogP contribution in [0.4, 0.5) is 32.6 Å². The molecule has 3 rings (SSSR count). The van der Waals surface area contributed by atoms with Crippen LogP contribution in [0.5, 0.6) is 5.75 Å². The predicted octanol–water partition coefficient (Wildman–Crippen LogP) is 4.35. The second-order valence-corrected chi connectivity index (χ2v) is 9.71. The number of aliphatic hydroxyl groups excluding tert-OH is 1. The lowest BCUT2D eigenvalue weighted by Crippen LogP contribution is -2.53. The molecule has 0 aromatic heterocycles. The molecular formula is C16H15F8N3O6S. The Morgan fingerprint density at radius 3 is 2.44 bits per heavy atom. The Bertz CT molecular complexity index is 1070. The number of β-amino-alcohol motifs (C(OH)–C–C–N with tert-alkyl or cyclic N) is 1. The van der Waals surface area contributed by atoms with Gasteiger partial charge in [-0.3, -0.25) is 0 Å². The molecule has 0 aliphatic carbocycles. The molecule has 0 bridgehead atoms. The summed E-state index contributed by atoms with van der Waals surface area (Å²) >= 11 is 0. The molecule has 1 fully saturated rings. The SMILES string of the molecule is Cc1cc(S(F)(F)(F)(F)F)cc2c1O[C@H](C(F)(F)F)C(C(=O)OCON=[N+]([O-])N1CC(O)C1)=C2. The van der Waals surface area contributed by atoms with Crippen molar-refractivity contribution in [2.75, 3.05) is 19.9 Å². The fraction of sp³-hybridized carbons (Fsp3) is 0.438. The number of aliphatic hydroxyl groups is 1. The zero-order chi connectivity index (χ0) is 25.8. The van der Waals surface area contributed by atoms with Crippen LogP contribution in [0.25, 0.3) is 6.08 Å². The predicted molar refractivity (Wildman–Crippen MR) is 96.7 cm³/mol. The van der Waals surface area contributed by atoms with Crippen molar-refractivity contribution in [3.8, 4) is 5.75 Å². The van der Waals surface area contributed by atoms with E-state index in [1.54, 1.807) is 0 Å². The Balaban J connectivity index is 1.85. The van der Waals surface area contributed by atoms with E-state index in [9.17, 15) is 42.6 Å². The van der Waals surface area contributed by atoms with E-state index in [1.165, 1.54) is 0 Å². The summed E-state index contributed by atoms with van der Waals surface area (Å²) in [6.45, 7) is -0.508. The number of halogens is 8. The Kier molecular flexibility index (Phi) is 5.64. The van der Waals surface area contributed by atoms with Crippen molar-refractivity contribution in [1.29, 1.82) is 0 Å². The van der Waals surface area contributed by atoms with Gasteiger partial charge in [0, 0.05) is 5.56 Å². The molecule has 0 saturated carbocycles. The summed E-state index contributed by atoms with van der Waals surface area (Å²) < 4.78 is 115. The number of benzene rings is 1. The minimum atomic E-state index is -10.2. The maximum Gasteiger partial charge on any atom is 0.430 e. The maximum atomic E-state index is 13.4. The van der Waals surface area contributed by atoms with Crippen LogP contribution < -0.4 is 4.74 Å². The van der Waals surface area contributed by atoms with Crippen molar-refractivity contribution in [1.82, 2.24) is 5.01 Å². The molecule has 192 valence electrons. The van der Waals surface area contributed by atoms with Gasteiger partial charge in [-0.1, -0.05) is 19.4 Å². The molecule has 0 amide bonds. The summed E-state index contributed by atoms with van der Waals surface area (Å²) in [5.74, 6) is -2.56. The standard InChI is InChI=1S/C16H15F8N3O6S/c1-8-2-11(34(20,21,22,23)24)3-9-4-12(14(16(17,18)19)33-13(8)9)15(29)31-7-32-25-27(30)26-5-10(28)6-26/h2-4,10,14,28H,5-7H2,1H3/t14-/m0/s1. The zero-order valence-electron chi connectivity index (χ0n) is 16.8. The van der Waals surface area contributed by atoms with Gasteiger partial charge >= 0.3 is 22.4 Å². The van der Waals surface area contributed by atoms with Crippen LogP contribution in [0.2, 0.25) is 0 Å². The molecule has 0 spiro atoms. The van der Waals surface area contributed by atoms with E-state index in [0.717, 1.165) is 11.9 Å². The summed E-state index contributed by atoms with van der Waals surface area (Å²) in [4.78, 5) is 14.0. The minimum Gasteiger partial charge on any atom is -0.569 e. The van der Waals surface area contributed by atoms with Crippen LogP contribution in [0.3, 0.4) is 0 Å². The Hall–Kier alpha value is -3.02. The second kappa shape index (κ2) is 7.49. The van der Waals surface area contributed by atoms with Crippen molar-refractivity contribution < 1.29 is 61.8 Å². The van der Waals surface area contributed by atoms with Gasteiger partial charge in [0.05, 0.1) is 10.5 Å².